The molecule has 2 aliphatic rings. The topological polar surface area (TPSA) is 81.8 Å². The van der Waals surface area contributed by atoms with E-state index in [4.69, 9.17) is 9.97 Å². The summed E-state index contributed by atoms with van der Waals surface area (Å²) >= 11 is 0. The largest absolute Gasteiger partial charge is 0.307 e. The fourth-order valence-corrected chi connectivity index (χ4v) is 5.33. The highest BCUT2D eigenvalue weighted by atomic mass is 16.2. The molecule has 0 unspecified atom stereocenters. The van der Waals surface area contributed by atoms with Crippen LogP contribution in [0.3, 0.4) is 0 Å². The number of carbonyl (C=O) groups excluding carboxylic acids is 1. The van der Waals surface area contributed by atoms with Gasteiger partial charge in [0.15, 0.2) is 0 Å². The van der Waals surface area contributed by atoms with E-state index in [2.05, 4.69) is 16.0 Å². The minimum absolute atomic E-state index is 0.00241. The first-order valence-corrected chi connectivity index (χ1v) is 12.5. The third-order valence-electron chi connectivity index (χ3n) is 7.16. The molecule has 0 aliphatic heterocycles. The van der Waals surface area contributed by atoms with Crippen molar-refractivity contribution in [2.75, 3.05) is 5.32 Å². The molecule has 2 aromatic carbocycles. The van der Waals surface area contributed by atoms with Crippen LogP contribution in [-0.2, 0) is 11.2 Å². The molecule has 2 aromatic heterocycles. The number of fused-ring (bicyclic) bond motifs is 2. The highest BCUT2D eigenvalue weighted by Crippen LogP contribution is 2.36. The van der Waals surface area contributed by atoms with Crippen molar-refractivity contribution >= 4 is 33.8 Å². The van der Waals surface area contributed by atoms with Crippen LogP contribution in [0, 0.1) is 0 Å². The predicted molar refractivity (Wildman–Crippen MR) is 133 cm³/mol. The highest BCUT2D eigenvalue weighted by Gasteiger charge is 2.28. The number of para-hydroxylation sites is 3. The van der Waals surface area contributed by atoms with Crippen LogP contribution in [0.2, 0.25) is 0 Å². The van der Waals surface area contributed by atoms with E-state index in [9.17, 15) is 9.59 Å². The summed E-state index contributed by atoms with van der Waals surface area (Å²) in [6.45, 7) is 0. The third kappa shape index (κ3) is 3.89. The van der Waals surface area contributed by atoms with Crippen molar-refractivity contribution in [1.82, 2.24) is 19.1 Å². The quantitative estimate of drug-likeness (QED) is 0.436. The summed E-state index contributed by atoms with van der Waals surface area (Å²) in [5, 5.41) is 3.72. The number of anilines is 1. The molecule has 2 saturated carbocycles. The summed E-state index contributed by atoms with van der Waals surface area (Å²) in [6, 6.07) is 16.1. The predicted octanol–water partition coefficient (Wildman–Crippen LogP) is 5.16. The average Bonchev–Trinajstić information content (AvgIpc) is 3.63. The summed E-state index contributed by atoms with van der Waals surface area (Å²) in [5.74, 6) is 1.23. The summed E-state index contributed by atoms with van der Waals surface area (Å²) in [4.78, 5) is 35.7. The van der Waals surface area contributed by atoms with Gasteiger partial charge in [-0.05, 0) is 49.9 Å². The van der Waals surface area contributed by atoms with Crippen LogP contribution in [0.15, 0.2) is 53.3 Å². The van der Waals surface area contributed by atoms with Gasteiger partial charge in [-0.15, -0.1) is 0 Å². The van der Waals surface area contributed by atoms with Gasteiger partial charge in [0.1, 0.15) is 5.82 Å². The molecule has 0 atom stereocenters. The molecule has 0 saturated heterocycles. The zero-order valence-corrected chi connectivity index (χ0v) is 19.2. The summed E-state index contributed by atoms with van der Waals surface area (Å²) < 4.78 is 4.04. The smallest absolute Gasteiger partial charge is 0.261 e. The molecule has 1 amide bonds. The van der Waals surface area contributed by atoms with Gasteiger partial charge in [-0.25, -0.2) is 9.97 Å². The lowest BCUT2D eigenvalue weighted by Gasteiger charge is -2.25. The van der Waals surface area contributed by atoms with Crippen LogP contribution in [0.5, 0.6) is 0 Å². The Morgan fingerprint density at radius 2 is 1.56 bits per heavy atom. The fourth-order valence-electron chi connectivity index (χ4n) is 5.33. The first-order chi connectivity index (χ1) is 16.7. The van der Waals surface area contributed by atoms with Crippen LogP contribution in [0.4, 0.5) is 5.95 Å². The molecule has 4 aromatic rings. The lowest BCUT2D eigenvalue weighted by Crippen LogP contribution is -2.26. The number of hydrogen-bond donors (Lipinski definition) is 1. The van der Waals surface area contributed by atoms with Crippen molar-refractivity contribution in [2.24, 2.45) is 0 Å². The number of amides is 1. The SMILES string of the molecule is O=C(CCc1nc2ccccc2c(=O)n1C1CC1)Nc1nc2ccccc2n1C1CCCCC1. The second kappa shape index (κ2) is 8.70. The summed E-state index contributed by atoms with van der Waals surface area (Å²) in [7, 11) is 0. The fraction of sp³-hybridized carbons (Fsp3) is 0.407. The molecule has 7 heteroatoms. The zero-order chi connectivity index (χ0) is 23.1. The molecule has 174 valence electrons. The van der Waals surface area contributed by atoms with Gasteiger partial charge >= 0.3 is 0 Å². The van der Waals surface area contributed by atoms with E-state index >= 15 is 0 Å². The molecule has 0 bridgehead atoms. The van der Waals surface area contributed by atoms with Crippen molar-refractivity contribution in [3.05, 3.63) is 64.7 Å². The molecular weight excluding hydrogens is 426 g/mol. The number of rotatable bonds is 6. The van der Waals surface area contributed by atoms with Crippen molar-refractivity contribution in [3.63, 3.8) is 0 Å². The Morgan fingerprint density at radius 1 is 0.853 bits per heavy atom. The maximum absolute atomic E-state index is 13.1. The Balaban J connectivity index is 1.26. The van der Waals surface area contributed by atoms with Crippen LogP contribution < -0.4 is 10.9 Å². The van der Waals surface area contributed by atoms with Crippen molar-refractivity contribution in [3.8, 4) is 0 Å². The number of nitrogens with one attached hydrogen (secondary N) is 1. The number of aryl methyl sites for hydroxylation is 1. The standard InChI is InChI=1S/C27H29N5O2/c33-25(17-16-24-28-21-11-5-4-10-20(21)26(34)32(24)19-14-15-19)30-27-29-22-12-6-7-13-23(22)31(27)18-8-2-1-3-9-18/h4-7,10-13,18-19H,1-3,8-9,14-17H2,(H,29,30,33). The number of benzene rings is 2. The molecule has 2 fully saturated rings. The van der Waals surface area contributed by atoms with Crippen LogP contribution in [0.1, 0.15) is 69.3 Å². The van der Waals surface area contributed by atoms with Gasteiger partial charge in [-0.3, -0.25) is 19.5 Å². The monoisotopic (exact) mass is 455 g/mol. The number of imidazole rings is 1. The molecule has 0 radical (unpaired) electrons. The minimum atomic E-state index is -0.0999. The van der Waals surface area contributed by atoms with Gasteiger partial charge in [0.25, 0.3) is 5.56 Å². The molecule has 2 heterocycles. The summed E-state index contributed by atoms with van der Waals surface area (Å²) in [6.07, 6.45) is 8.56. The van der Waals surface area contributed by atoms with E-state index in [0.29, 0.717) is 35.1 Å². The number of carbonyl (C=O) groups is 1. The van der Waals surface area contributed by atoms with E-state index in [1.165, 1.54) is 19.3 Å². The average molecular weight is 456 g/mol. The van der Waals surface area contributed by atoms with Crippen molar-refractivity contribution < 1.29 is 4.79 Å². The van der Waals surface area contributed by atoms with Crippen LogP contribution in [0.25, 0.3) is 21.9 Å². The minimum Gasteiger partial charge on any atom is -0.307 e. The Morgan fingerprint density at radius 3 is 2.35 bits per heavy atom. The van der Waals surface area contributed by atoms with Crippen molar-refractivity contribution in [2.45, 2.75) is 69.9 Å². The maximum Gasteiger partial charge on any atom is 0.261 e. The lowest BCUT2D eigenvalue weighted by molar-refractivity contribution is -0.116. The van der Waals surface area contributed by atoms with E-state index in [1.54, 1.807) is 0 Å². The van der Waals surface area contributed by atoms with E-state index in [1.807, 2.05) is 47.0 Å². The van der Waals surface area contributed by atoms with Gasteiger partial charge < -0.3 is 4.57 Å². The van der Waals surface area contributed by atoms with E-state index in [-0.39, 0.29) is 23.9 Å². The molecule has 34 heavy (non-hydrogen) atoms. The Labute approximate surface area is 197 Å². The molecule has 1 N–H and O–H groups in total. The first kappa shape index (κ1) is 21.1. The normalized spacial score (nSPS) is 16.8. The maximum atomic E-state index is 13.1. The molecule has 7 nitrogen and oxygen atoms in total. The third-order valence-corrected chi connectivity index (χ3v) is 7.16. The molecule has 0 spiro atoms. The Bertz CT molecular complexity index is 1430. The zero-order valence-electron chi connectivity index (χ0n) is 19.2. The van der Waals surface area contributed by atoms with Gasteiger partial charge in [0.2, 0.25) is 11.9 Å². The number of hydrogen-bond acceptors (Lipinski definition) is 4. The van der Waals surface area contributed by atoms with E-state index < -0.39 is 0 Å². The Kier molecular flexibility index (Phi) is 5.40. The van der Waals surface area contributed by atoms with E-state index in [0.717, 1.165) is 36.7 Å². The highest BCUT2D eigenvalue weighted by molar-refractivity contribution is 5.91. The van der Waals surface area contributed by atoms with Crippen LogP contribution in [-0.4, -0.2) is 25.0 Å². The number of aromatic nitrogens is 4. The Hall–Kier alpha value is -3.48. The number of nitrogens with zero attached hydrogens (tertiary/aromatic N) is 4. The first-order valence-electron chi connectivity index (χ1n) is 12.5. The lowest BCUT2D eigenvalue weighted by atomic mass is 9.95. The van der Waals surface area contributed by atoms with Crippen molar-refractivity contribution in [1.29, 1.82) is 0 Å². The van der Waals surface area contributed by atoms with Gasteiger partial charge in [-0.1, -0.05) is 43.5 Å². The van der Waals surface area contributed by atoms with Crippen LogP contribution >= 0.6 is 0 Å². The van der Waals surface area contributed by atoms with Gasteiger partial charge in [-0.2, -0.15) is 0 Å². The second-order valence-corrected chi connectivity index (χ2v) is 9.59. The second-order valence-electron chi connectivity index (χ2n) is 9.59. The molecular formula is C27H29N5O2. The van der Waals surface area contributed by atoms with Gasteiger partial charge in [0, 0.05) is 24.9 Å². The summed E-state index contributed by atoms with van der Waals surface area (Å²) in [5.41, 5.74) is 2.67. The molecule has 2 aliphatic carbocycles. The molecule has 6 rings (SSSR count). The van der Waals surface area contributed by atoms with Gasteiger partial charge in [0.05, 0.1) is 21.9 Å².